The summed E-state index contributed by atoms with van der Waals surface area (Å²) in [4.78, 5) is 29.0. The Morgan fingerprint density at radius 3 is 2.77 bits per heavy atom. The molecule has 1 aliphatic rings. The van der Waals surface area contributed by atoms with E-state index in [9.17, 15) is 9.59 Å². The van der Waals surface area contributed by atoms with Gasteiger partial charge in [-0.2, -0.15) is 5.10 Å². The van der Waals surface area contributed by atoms with Crippen LogP contribution < -0.4 is 20.7 Å². The number of nitrogens with zero attached hydrogens (tertiary/aromatic N) is 3. The third-order valence-corrected chi connectivity index (χ3v) is 4.94. The Balaban J connectivity index is 1.72. The standard InChI is InChI=1S/C22H24N6O3/c1-23-22(30)15-12-24-19(26-21(29)13-7-8-13)11-18(15)25-17-6-4-5-14(20(17)31-3)16-9-10-28(2)27-16/h4-6,9-13H,7-8H2,1-3H3,(H,23,30)(H2,24,25,26,29)/i1D3. The molecule has 2 heterocycles. The molecule has 3 N–H and O–H groups in total. The Morgan fingerprint density at radius 2 is 2.10 bits per heavy atom. The molecule has 1 fully saturated rings. The van der Waals surface area contributed by atoms with Crippen molar-refractivity contribution >= 4 is 29.0 Å². The van der Waals surface area contributed by atoms with Gasteiger partial charge in [0.05, 0.1) is 29.7 Å². The Kier molecular flexibility index (Phi) is 4.61. The number of hydrogen-bond acceptors (Lipinski definition) is 6. The molecule has 0 radical (unpaired) electrons. The molecule has 3 aromatic rings. The molecule has 1 saturated carbocycles. The van der Waals surface area contributed by atoms with Gasteiger partial charge in [-0.3, -0.25) is 14.3 Å². The number of carbonyl (C=O) groups excluding carboxylic acids is 2. The number of ether oxygens (including phenoxy) is 1. The number of amides is 2. The topological polar surface area (TPSA) is 110 Å². The van der Waals surface area contributed by atoms with E-state index in [1.807, 2.05) is 30.7 Å². The van der Waals surface area contributed by atoms with Crippen LogP contribution in [0.4, 0.5) is 17.2 Å². The van der Waals surface area contributed by atoms with Gasteiger partial charge in [-0.1, -0.05) is 6.07 Å². The molecule has 2 aromatic heterocycles. The average Bonchev–Trinajstić information content (AvgIpc) is 3.53. The zero-order valence-corrected chi connectivity index (χ0v) is 17.1. The molecule has 0 spiro atoms. The molecule has 0 saturated heterocycles. The lowest BCUT2D eigenvalue weighted by Crippen LogP contribution is -2.20. The second-order valence-electron chi connectivity index (χ2n) is 7.22. The lowest BCUT2D eigenvalue weighted by molar-refractivity contribution is -0.117. The first-order valence-corrected chi connectivity index (χ1v) is 9.72. The summed E-state index contributed by atoms with van der Waals surface area (Å²) in [5.74, 6) is -0.303. The normalized spacial score (nSPS) is 14.7. The van der Waals surface area contributed by atoms with Crippen molar-refractivity contribution in [3.63, 3.8) is 0 Å². The minimum atomic E-state index is -2.68. The number of nitrogens with one attached hydrogen (secondary N) is 3. The molecule has 1 aromatic carbocycles. The Hall–Kier alpha value is -3.88. The summed E-state index contributed by atoms with van der Waals surface area (Å²) in [6.07, 6.45) is 4.69. The second kappa shape index (κ2) is 8.47. The highest BCUT2D eigenvalue weighted by atomic mass is 16.5. The Morgan fingerprint density at radius 1 is 1.26 bits per heavy atom. The van der Waals surface area contributed by atoms with Gasteiger partial charge in [-0.25, -0.2) is 4.98 Å². The van der Waals surface area contributed by atoms with E-state index in [1.165, 1.54) is 19.4 Å². The van der Waals surface area contributed by atoms with Crippen LogP contribution in [0.5, 0.6) is 5.75 Å². The fourth-order valence-electron chi connectivity index (χ4n) is 3.21. The molecule has 0 atom stereocenters. The van der Waals surface area contributed by atoms with Gasteiger partial charge in [-0.15, -0.1) is 0 Å². The van der Waals surface area contributed by atoms with E-state index < -0.39 is 12.9 Å². The minimum Gasteiger partial charge on any atom is -0.494 e. The second-order valence-corrected chi connectivity index (χ2v) is 7.22. The van der Waals surface area contributed by atoms with Crippen LogP contribution in [0.15, 0.2) is 42.7 Å². The Labute approximate surface area is 184 Å². The third kappa shape index (κ3) is 4.35. The number of hydrogen-bond donors (Lipinski definition) is 3. The number of para-hydroxylation sites is 1. The maximum Gasteiger partial charge on any atom is 0.254 e. The SMILES string of the molecule is [2H]C([2H])([2H])NC(=O)c1cnc(NC(=O)C2CC2)cc1Nc1cccc(-c2ccn(C)n2)c1OC. The van der Waals surface area contributed by atoms with Crippen molar-refractivity contribution in [2.24, 2.45) is 13.0 Å². The van der Waals surface area contributed by atoms with Crippen LogP contribution in [0.25, 0.3) is 11.3 Å². The van der Waals surface area contributed by atoms with E-state index >= 15 is 0 Å². The van der Waals surface area contributed by atoms with Gasteiger partial charge in [0.2, 0.25) is 5.91 Å². The van der Waals surface area contributed by atoms with Crippen LogP contribution >= 0.6 is 0 Å². The van der Waals surface area contributed by atoms with Crippen LogP contribution in [0.2, 0.25) is 0 Å². The van der Waals surface area contributed by atoms with Gasteiger partial charge in [0, 0.05) is 48.1 Å². The lowest BCUT2D eigenvalue weighted by atomic mass is 10.1. The summed E-state index contributed by atoms with van der Waals surface area (Å²) in [6.45, 7) is -2.68. The number of rotatable bonds is 7. The lowest BCUT2D eigenvalue weighted by Gasteiger charge is -2.17. The predicted octanol–water partition coefficient (Wildman–Crippen LogP) is 2.94. The molecular formula is C22H24N6O3. The fraction of sp³-hybridized carbons (Fsp3) is 0.273. The van der Waals surface area contributed by atoms with Crippen molar-refractivity contribution in [2.75, 3.05) is 24.7 Å². The van der Waals surface area contributed by atoms with Crippen molar-refractivity contribution in [3.8, 4) is 17.0 Å². The monoisotopic (exact) mass is 423 g/mol. The summed E-state index contributed by atoms with van der Waals surface area (Å²) in [6, 6.07) is 8.73. The first kappa shape index (κ1) is 16.9. The Bertz CT molecular complexity index is 1240. The van der Waals surface area contributed by atoms with Gasteiger partial charge in [-0.05, 0) is 31.0 Å². The molecule has 9 heteroatoms. The summed E-state index contributed by atoms with van der Waals surface area (Å²) < 4.78 is 29.4. The zero-order chi connectivity index (χ0) is 24.5. The number of aromatic nitrogens is 3. The number of anilines is 3. The highest BCUT2D eigenvalue weighted by molar-refractivity contribution is 6.01. The van der Waals surface area contributed by atoms with Crippen LogP contribution in [-0.2, 0) is 11.8 Å². The van der Waals surface area contributed by atoms with Gasteiger partial charge < -0.3 is 20.7 Å². The maximum atomic E-state index is 12.7. The summed E-state index contributed by atoms with van der Waals surface area (Å²) >= 11 is 0. The van der Waals surface area contributed by atoms with Gasteiger partial charge in [0.1, 0.15) is 5.82 Å². The summed E-state index contributed by atoms with van der Waals surface area (Å²) in [7, 11) is 3.32. The van der Waals surface area contributed by atoms with Crippen LogP contribution in [0.3, 0.4) is 0 Å². The molecule has 0 aliphatic heterocycles. The maximum absolute atomic E-state index is 12.7. The smallest absolute Gasteiger partial charge is 0.254 e. The van der Waals surface area contributed by atoms with Gasteiger partial charge >= 0.3 is 0 Å². The van der Waals surface area contributed by atoms with E-state index in [0.29, 0.717) is 17.1 Å². The summed E-state index contributed by atoms with van der Waals surface area (Å²) in [5.41, 5.74) is 2.16. The van der Waals surface area contributed by atoms with Crippen LogP contribution in [0.1, 0.15) is 27.3 Å². The molecule has 1 aliphatic carbocycles. The average molecular weight is 423 g/mol. The largest absolute Gasteiger partial charge is 0.494 e. The number of carbonyl (C=O) groups is 2. The van der Waals surface area contributed by atoms with Crippen LogP contribution in [0, 0.1) is 5.92 Å². The van der Waals surface area contributed by atoms with Gasteiger partial charge in [0.15, 0.2) is 5.75 Å². The van der Waals surface area contributed by atoms with E-state index in [0.717, 1.165) is 18.4 Å². The van der Waals surface area contributed by atoms with E-state index in [4.69, 9.17) is 8.85 Å². The number of pyridine rings is 1. The van der Waals surface area contributed by atoms with Crippen molar-refractivity contribution < 1.29 is 18.4 Å². The molecule has 160 valence electrons. The van der Waals surface area contributed by atoms with E-state index in [-0.39, 0.29) is 28.9 Å². The molecule has 2 amide bonds. The highest BCUT2D eigenvalue weighted by Crippen LogP contribution is 2.38. The first-order valence-electron chi connectivity index (χ1n) is 11.2. The van der Waals surface area contributed by atoms with Crippen molar-refractivity contribution in [1.29, 1.82) is 0 Å². The van der Waals surface area contributed by atoms with Crippen LogP contribution in [-0.4, -0.2) is 40.7 Å². The first-order chi connectivity index (χ1) is 16.1. The summed E-state index contributed by atoms with van der Waals surface area (Å²) in [5, 5.41) is 12.3. The predicted molar refractivity (Wildman–Crippen MR) is 117 cm³/mol. The minimum absolute atomic E-state index is 0.00848. The molecule has 4 rings (SSSR count). The van der Waals surface area contributed by atoms with Crippen molar-refractivity contribution in [3.05, 3.63) is 48.3 Å². The van der Waals surface area contributed by atoms with E-state index in [1.54, 1.807) is 16.8 Å². The van der Waals surface area contributed by atoms with Crippen molar-refractivity contribution in [1.82, 2.24) is 20.1 Å². The number of benzene rings is 1. The molecule has 31 heavy (non-hydrogen) atoms. The van der Waals surface area contributed by atoms with Gasteiger partial charge in [0.25, 0.3) is 5.91 Å². The van der Waals surface area contributed by atoms with Crippen molar-refractivity contribution in [2.45, 2.75) is 12.8 Å². The zero-order valence-electron chi connectivity index (χ0n) is 20.1. The molecular weight excluding hydrogens is 396 g/mol. The quantitative estimate of drug-likeness (QED) is 0.539. The number of methoxy groups -OCH3 is 1. The van der Waals surface area contributed by atoms with E-state index in [2.05, 4.69) is 20.7 Å². The highest BCUT2D eigenvalue weighted by Gasteiger charge is 2.30. The fourth-order valence-corrected chi connectivity index (χ4v) is 3.21. The molecule has 0 bridgehead atoms. The third-order valence-electron chi connectivity index (χ3n) is 4.94. The molecule has 9 nitrogen and oxygen atoms in total. The number of aryl methyl sites for hydroxylation is 1. The molecule has 0 unspecified atom stereocenters.